The van der Waals surface area contributed by atoms with E-state index in [1.54, 1.807) is 12.5 Å². The maximum Gasteiger partial charge on any atom is 0.142 e. The Morgan fingerprint density at radius 3 is 3.06 bits per heavy atom. The number of aromatic nitrogens is 2. The van der Waals surface area contributed by atoms with Crippen LogP contribution < -0.4 is 10.6 Å². The molecule has 1 fully saturated rings. The Hall–Kier alpha value is -0.470. The summed E-state index contributed by atoms with van der Waals surface area (Å²) in [5.41, 5.74) is 0. The van der Waals surface area contributed by atoms with E-state index in [1.165, 1.54) is 0 Å². The van der Waals surface area contributed by atoms with E-state index < -0.39 is 0 Å². The molecule has 2 N–H and O–H groups in total. The molecule has 2 rings (SSSR count). The first-order valence-electron chi connectivity index (χ1n) is 6.38. The molecular formula is C12H19IN4O. The number of halogens is 1. The highest BCUT2D eigenvalue weighted by Gasteiger charge is 2.12. The third-order valence-electron chi connectivity index (χ3n) is 2.92. The summed E-state index contributed by atoms with van der Waals surface area (Å²) in [6.07, 6.45) is 7.10. The van der Waals surface area contributed by atoms with Gasteiger partial charge in [0.15, 0.2) is 0 Å². The van der Waals surface area contributed by atoms with Crippen LogP contribution in [0, 0.1) is 3.57 Å². The number of nitrogens with one attached hydrogen (secondary N) is 2. The molecule has 0 aromatic carbocycles. The molecule has 0 saturated carbocycles. The van der Waals surface area contributed by atoms with Crippen molar-refractivity contribution in [3.63, 3.8) is 0 Å². The minimum absolute atomic E-state index is 0.449. The lowest BCUT2D eigenvalue weighted by molar-refractivity contribution is 0.0329. The van der Waals surface area contributed by atoms with Gasteiger partial charge in [-0.05, 0) is 54.9 Å². The molecule has 1 aromatic rings. The van der Waals surface area contributed by atoms with Crippen molar-refractivity contribution in [2.75, 3.05) is 31.6 Å². The van der Waals surface area contributed by atoms with Gasteiger partial charge < -0.3 is 15.4 Å². The van der Waals surface area contributed by atoms with Crippen LogP contribution in [0.5, 0.6) is 0 Å². The molecule has 0 unspecified atom stereocenters. The fourth-order valence-corrected chi connectivity index (χ4v) is 2.42. The van der Waals surface area contributed by atoms with Crippen LogP contribution in [0.25, 0.3) is 0 Å². The Morgan fingerprint density at radius 1 is 1.44 bits per heavy atom. The number of piperidine rings is 1. The maximum absolute atomic E-state index is 5.84. The molecule has 1 aromatic heterocycles. The molecule has 5 nitrogen and oxygen atoms in total. The lowest BCUT2D eigenvalue weighted by Crippen LogP contribution is -2.32. The number of anilines is 1. The Bertz CT molecular complexity index is 358. The monoisotopic (exact) mass is 362 g/mol. The predicted octanol–water partition coefficient (Wildman–Crippen LogP) is 1.65. The normalized spacial score (nSPS) is 16.7. The largest absolute Gasteiger partial charge is 0.378 e. The van der Waals surface area contributed by atoms with Crippen molar-refractivity contribution >= 4 is 28.4 Å². The first-order chi connectivity index (χ1) is 8.86. The van der Waals surface area contributed by atoms with Crippen LogP contribution in [0.3, 0.4) is 0 Å². The summed E-state index contributed by atoms with van der Waals surface area (Å²) in [5, 5.41) is 6.64. The second-order valence-electron chi connectivity index (χ2n) is 4.32. The fourth-order valence-electron chi connectivity index (χ4n) is 1.93. The molecule has 100 valence electrons. The van der Waals surface area contributed by atoms with E-state index >= 15 is 0 Å². The summed E-state index contributed by atoms with van der Waals surface area (Å²) < 4.78 is 6.89. The van der Waals surface area contributed by atoms with Crippen molar-refractivity contribution in [3.05, 3.63) is 16.1 Å². The van der Waals surface area contributed by atoms with E-state index in [4.69, 9.17) is 4.74 Å². The second-order valence-corrected chi connectivity index (χ2v) is 5.48. The average Bonchev–Trinajstić information content (AvgIpc) is 2.42. The van der Waals surface area contributed by atoms with Crippen molar-refractivity contribution < 1.29 is 4.74 Å². The molecule has 0 atom stereocenters. The van der Waals surface area contributed by atoms with Gasteiger partial charge in [0.25, 0.3) is 0 Å². The Kier molecular flexibility index (Phi) is 6.09. The van der Waals surface area contributed by atoms with Crippen molar-refractivity contribution in [1.82, 2.24) is 15.3 Å². The van der Waals surface area contributed by atoms with Crippen LogP contribution in [-0.2, 0) is 4.74 Å². The fraction of sp³-hybridized carbons (Fsp3) is 0.667. The van der Waals surface area contributed by atoms with Gasteiger partial charge in [0.05, 0.1) is 9.67 Å². The van der Waals surface area contributed by atoms with Crippen LogP contribution >= 0.6 is 22.6 Å². The zero-order chi connectivity index (χ0) is 12.6. The number of hydrogen-bond donors (Lipinski definition) is 2. The second kappa shape index (κ2) is 7.85. The maximum atomic E-state index is 5.84. The lowest BCUT2D eigenvalue weighted by atomic mass is 10.1. The van der Waals surface area contributed by atoms with Gasteiger partial charge >= 0.3 is 0 Å². The van der Waals surface area contributed by atoms with Crippen LogP contribution in [0.4, 0.5) is 5.82 Å². The van der Waals surface area contributed by atoms with Gasteiger partial charge in [0.2, 0.25) is 0 Å². The van der Waals surface area contributed by atoms with Gasteiger partial charge in [0.1, 0.15) is 12.1 Å². The van der Waals surface area contributed by atoms with Crippen molar-refractivity contribution in [2.45, 2.75) is 25.4 Å². The SMILES string of the molecule is Ic1cncnc1NCCCOC1CCNCC1. The van der Waals surface area contributed by atoms with Crippen LogP contribution in [0.15, 0.2) is 12.5 Å². The van der Waals surface area contributed by atoms with E-state index in [-0.39, 0.29) is 0 Å². The van der Waals surface area contributed by atoms with Crippen LogP contribution in [0.1, 0.15) is 19.3 Å². The van der Waals surface area contributed by atoms with Gasteiger partial charge in [-0.2, -0.15) is 0 Å². The third kappa shape index (κ3) is 4.66. The molecule has 0 aliphatic carbocycles. The van der Waals surface area contributed by atoms with Crippen molar-refractivity contribution in [2.24, 2.45) is 0 Å². The van der Waals surface area contributed by atoms with E-state index in [0.717, 1.165) is 54.9 Å². The molecule has 1 saturated heterocycles. The predicted molar refractivity (Wildman–Crippen MR) is 79.7 cm³/mol. The van der Waals surface area contributed by atoms with Gasteiger partial charge in [-0.1, -0.05) is 0 Å². The molecule has 18 heavy (non-hydrogen) atoms. The average molecular weight is 362 g/mol. The van der Waals surface area contributed by atoms with Gasteiger partial charge in [-0.15, -0.1) is 0 Å². The van der Waals surface area contributed by atoms with Crippen LogP contribution in [-0.4, -0.2) is 42.3 Å². The first kappa shape index (κ1) is 14.0. The zero-order valence-corrected chi connectivity index (χ0v) is 12.5. The molecule has 0 radical (unpaired) electrons. The summed E-state index contributed by atoms with van der Waals surface area (Å²) in [4.78, 5) is 8.15. The smallest absolute Gasteiger partial charge is 0.142 e. The van der Waals surface area contributed by atoms with Crippen molar-refractivity contribution in [3.8, 4) is 0 Å². The topological polar surface area (TPSA) is 59.1 Å². The highest BCUT2D eigenvalue weighted by molar-refractivity contribution is 14.1. The summed E-state index contributed by atoms with van der Waals surface area (Å²) in [6, 6.07) is 0. The van der Waals surface area contributed by atoms with Gasteiger partial charge in [0, 0.05) is 19.3 Å². The highest BCUT2D eigenvalue weighted by atomic mass is 127. The van der Waals surface area contributed by atoms with E-state index in [1.807, 2.05) is 0 Å². The van der Waals surface area contributed by atoms with E-state index in [9.17, 15) is 0 Å². The van der Waals surface area contributed by atoms with E-state index in [2.05, 4.69) is 43.2 Å². The first-order valence-corrected chi connectivity index (χ1v) is 7.46. The standard InChI is InChI=1S/C12H19IN4O/c13-11-8-15-9-17-12(11)16-4-1-7-18-10-2-5-14-6-3-10/h8-10,14H,1-7H2,(H,15,16,17). The summed E-state index contributed by atoms with van der Waals surface area (Å²) in [6.45, 7) is 3.88. The Balaban J connectivity index is 1.57. The highest BCUT2D eigenvalue weighted by Crippen LogP contribution is 2.12. The van der Waals surface area contributed by atoms with E-state index in [0.29, 0.717) is 6.10 Å². The van der Waals surface area contributed by atoms with Crippen LogP contribution in [0.2, 0.25) is 0 Å². The molecular weight excluding hydrogens is 343 g/mol. The Morgan fingerprint density at radius 2 is 2.28 bits per heavy atom. The summed E-state index contributed by atoms with van der Waals surface area (Å²) in [7, 11) is 0. The van der Waals surface area contributed by atoms with Gasteiger partial charge in [-0.25, -0.2) is 9.97 Å². The third-order valence-corrected chi connectivity index (χ3v) is 3.71. The lowest BCUT2D eigenvalue weighted by Gasteiger charge is -2.22. The molecule has 0 spiro atoms. The molecule has 0 bridgehead atoms. The number of hydrogen-bond acceptors (Lipinski definition) is 5. The number of rotatable bonds is 6. The summed E-state index contributed by atoms with van der Waals surface area (Å²) >= 11 is 2.23. The quantitative estimate of drug-likeness (QED) is 0.596. The minimum atomic E-state index is 0.449. The zero-order valence-electron chi connectivity index (χ0n) is 10.4. The Labute approximate surface area is 121 Å². The minimum Gasteiger partial charge on any atom is -0.378 e. The molecule has 1 aliphatic heterocycles. The van der Waals surface area contributed by atoms with Crippen molar-refractivity contribution in [1.29, 1.82) is 0 Å². The van der Waals surface area contributed by atoms with Gasteiger partial charge in [-0.3, -0.25) is 0 Å². The molecule has 6 heteroatoms. The molecule has 0 amide bonds. The summed E-state index contributed by atoms with van der Waals surface area (Å²) in [5.74, 6) is 0.910. The number of nitrogens with zero attached hydrogens (tertiary/aromatic N) is 2. The molecule has 1 aliphatic rings. The molecule has 2 heterocycles. The number of ether oxygens (including phenoxy) is 1.